The number of carbonyl (C=O) groups excluding carboxylic acids is 2. The highest BCUT2D eigenvalue weighted by Gasteiger charge is 2.42. The number of rotatable bonds is 8. The molecule has 0 spiro atoms. The summed E-state index contributed by atoms with van der Waals surface area (Å²) in [7, 11) is 0. The summed E-state index contributed by atoms with van der Waals surface area (Å²) in [5.41, 5.74) is 0.767. The third-order valence-corrected chi connectivity index (χ3v) is 4.58. The number of nitrogens with one attached hydrogen (secondary N) is 2. The zero-order valence-corrected chi connectivity index (χ0v) is 13.9. The van der Waals surface area contributed by atoms with Gasteiger partial charge in [-0.15, -0.1) is 0 Å². The second kappa shape index (κ2) is 7.53. The highest BCUT2D eigenvalue weighted by atomic mass is 16.3. The van der Waals surface area contributed by atoms with Crippen molar-refractivity contribution in [2.24, 2.45) is 5.41 Å². The van der Waals surface area contributed by atoms with Crippen LogP contribution < -0.4 is 10.6 Å². The Morgan fingerprint density at radius 1 is 1.16 bits per heavy atom. The van der Waals surface area contributed by atoms with Gasteiger partial charge in [0.1, 0.15) is 6.04 Å². The van der Waals surface area contributed by atoms with Crippen LogP contribution in [0.3, 0.4) is 0 Å². The van der Waals surface area contributed by atoms with Gasteiger partial charge < -0.3 is 20.2 Å². The Hall–Kier alpha value is -2.60. The lowest BCUT2D eigenvalue weighted by Crippen LogP contribution is -2.49. The minimum atomic E-state index is -0.713. The van der Waals surface area contributed by atoms with Gasteiger partial charge in [0, 0.05) is 18.4 Å². The van der Waals surface area contributed by atoms with E-state index in [4.69, 9.17) is 4.42 Å². The van der Waals surface area contributed by atoms with Crippen LogP contribution in [0.5, 0.6) is 0 Å². The molecular weight excluding hydrogens is 320 g/mol. The smallest absolute Gasteiger partial charge is 0.287 e. The fourth-order valence-corrected chi connectivity index (χ4v) is 2.66. The van der Waals surface area contributed by atoms with Crippen LogP contribution in [0.25, 0.3) is 0 Å². The predicted octanol–water partition coefficient (Wildman–Crippen LogP) is 1.51. The van der Waals surface area contributed by atoms with E-state index >= 15 is 0 Å². The Labute approximate surface area is 146 Å². The summed E-state index contributed by atoms with van der Waals surface area (Å²) < 4.78 is 5.09. The van der Waals surface area contributed by atoms with Crippen molar-refractivity contribution in [1.29, 1.82) is 0 Å². The molecule has 1 atom stereocenters. The van der Waals surface area contributed by atoms with Crippen LogP contribution in [0.15, 0.2) is 53.1 Å². The SMILES string of the molecule is O=C(NC(Cc1ccccc1)C(=O)NCC1(CO)CC1)c1ccco1. The first-order valence-corrected chi connectivity index (χ1v) is 8.39. The zero-order valence-electron chi connectivity index (χ0n) is 13.9. The maximum atomic E-state index is 12.6. The molecule has 3 N–H and O–H groups in total. The van der Waals surface area contributed by atoms with Crippen molar-refractivity contribution in [2.45, 2.75) is 25.3 Å². The van der Waals surface area contributed by atoms with Gasteiger partial charge in [-0.2, -0.15) is 0 Å². The third kappa shape index (κ3) is 4.48. The molecule has 132 valence electrons. The molecule has 0 radical (unpaired) electrons. The van der Waals surface area contributed by atoms with E-state index in [1.165, 1.54) is 6.26 Å². The lowest BCUT2D eigenvalue weighted by molar-refractivity contribution is -0.123. The van der Waals surface area contributed by atoms with Crippen LogP contribution >= 0.6 is 0 Å². The normalized spacial score (nSPS) is 16.0. The largest absolute Gasteiger partial charge is 0.459 e. The second-order valence-electron chi connectivity index (χ2n) is 6.57. The molecule has 6 heteroatoms. The standard InChI is InChI=1S/C19H22N2O4/c22-13-19(8-9-19)12-20-17(23)15(11-14-5-2-1-3-6-14)21-18(24)16-7-4-10-25-16/h1-7,10,15,22H,8-9,11-13H2,(H,20,23)(H,21,24). The van der Waals surface area contributed by atoms with Gasteiger partial charge in [-0.05, 0) is 30.5 Å². The van der Waals surface area contributed by atoms with Crippen molar-refractivity contribution in [3.05, 3.63) is 60.1 Å². The van der Waals surface area contributed by atoms with Gasteiger partial charge in [-0.3, -0.25) is 9.59 Å². The average Bonchev–Trinajstić information content (AvgIpc) is 3.21. The highest BCUT2D eigenvalue weighted by molar-refractivity contribution is 5.95. The maximum absolute atomic E-state index is 12.6. The summed E-state index contributed by atoms with van der Waals surface area (Å²) in [6, 6.07) is 12.0. The predicted molar refractivity (Wildman–Crippen MR) is 91.9 cm³/mol. The van der Waals surface area contributed by atoms with Crippen molar-refractivity contribution < 1.29 is 19.1 Å². The van der Waals surface area contributed by atoms with Crippen LogP contribution in [0.1, 0.15) is 29.0 Å². The van der Waals surface area contributed by atoms with Gasteiger partial charge >= 0.3 is 0 Å². The first-order chi connectivity index (χ1) is 12.1. The molecule has 1 saturated carbocycles. The van der Waals surface area contributed by atoms with Gasteiger partial charge in [-0.25, -0.2) is 0 Å². The molecule has 0 aliphatic heterocycles. The lowest BCUT2D eigenvalue weighted by Gasteiger charge is -2.20. The van der Waals surface area contributed by atoms with Gasteiger partial charge in [-0.1, -0.05) is 30.3 Å². The molecule has 1 aliphatic carbocycles. The second-order valence-corrected chi connectivity index (χ2v) is 6.57. The summed E-state index contributed by atoms with van der Waals surface area (Å²) in [5, 5.41) is 15.0. The van der Waals surface area contributed by atoms with E-state index in [1.807, 2.05) is 30.3 Å². The lowest BCUT2D eigenvalue weighted by atomic mass is 10.0. The zero-order chi connectivity index (χ0) is 17.7. The number of amides is 2. The van der Waals surface area contributed by atoms with Crippen LogP contribution in [0.4, 0.5) is 0 Å². The summed E-state index contributed by atoms with van der Waals surface area (Å²) >= 11 is 0. The molecule has 2 amide bonds. The molecule has 3 rings (SSSR count). The van der Waals surface area contributed by atoms with Crippen molar-refractivity contribution in [2.75, 3.05) is 13.2 Å². The summed E-state index contributed by atoms with van der Waals surface area (Å²) in [6.07, 6.45) is 3.61. The van der Waals surface area contributed by atoms with E-state index in [2.05, 4.69) is 10.6 Å². The molecule has 1 fully saturated rings. The van der Waals surface area contributed by atoms with E-state index in [-0.39, 0.29) is 23.7 Å². The number of aliphatic hydroxyl groups excluding tert-OH is 1. The Balaban J connectivity index is 1.66. The number of furan rings is 1. The number of hydrogen-bond acceptors (Lipinski definition) is 4. The Bertz CT molecular complexity index is 708. The topological polar surface area (TPSA) is 91.6 Å². The van der Waals surface area contributed by atoms with E-state index in [1.54, 1.807) is 12.1 Å². The molecule has 0 bridgehead atoms. The molecule has 2 aromatic rings. The van der Waals surface area contributed by atoms with Gasteiger partial charge in [0.15, 0.2) is 5.76 Å². The fourth-order valence-electron chi connectivity index (χ4n) is 2.66. The maximum Gasteiger partial charge on any atom is 0.287 e. The molecule has 1 unspecified atom stereocenters. The van der Waals surface area contributed by atoms with Crippen molar-refractivity contribution in [1.82, 2.24) is 10.6 Å². The van der Waals surface area contributed by atoms with Crippen molar-refractivity contribution in [3.8, 4) is 0 Å². The van der Waals surface area contributed by atoms with E-state index in [9.17, 15) is 14.7 Å². The first-order valence-electron chi connectivity index (χ1n) is 8.39. The minimum Gasteiger partial charge on any atom is -0.459 e. The quantitative estimate of drug-likeness (QED) is 0.678. The number of hydrogen-bond donors (Lipinski definition) is 3. The van der Waals surface area contributed by atoms with Gasteiger partial charge in [0.05, 0.1) is 12.9 Å². The molecule has 1 aromatic carbocycles. The summed E-state index contributed by atoms with van der Waals surface area (Å²) in [6.45, 7) is 0.486. The Kier molecular flexibility index (Phi) is 5.19. The molecule has 0 saturated heterocycles. The van der Waals surface area contributed by atoms with Gasteiger partial charge in [0.25, 0.3) is 5.91 Å². The van der Waals surface area contributed by atoms with Crippen LogP contribution in [0.2, 0.25) is 0 Å². The molecular formula is C19H22N2O4. The van der Waals surface area contributed by atoms with E-state index in [0.717, 1.165) is 18.4 Å². The average molecular weight is 342 g/mol. The first kappa shape index (κ1) is 17.2. The van der Waals surface area contributed by atoms with Crippen molar-refractivity contribution >= 4 is 11.8 Å². The summed E-state index contributed by atoms with van der Waals surface area (Å²) in [5.74, 6) is -0.521. The van der Waals surface area contributed by atoms with Crippen LogP contribution in [0, 0.1) is 5.41 Å². The third-order valence-electron chi connectivity index (χ3n) is 4.58. The molecule has 25 heavy (non-hydrogen) atoms. The number of aliphatic hydroxyl groups is 1. The molecule has 6 nitrogen and oxygen atoms in total. The minimum absolute atomic E-state index is 0.0649. The molecule has 1 aliphatic rings. The number of benzene rings is 1. The Morgan fingerprint density at radius 2 is 1.92 bits per heavy atom. The van der Waals surface area contributed by atoms with Gasteiger partial charge in [0.2, 0.25) is 5.91 Å². The fraction of sp³-hybridized carbons (Fsp3) is 0.368. The number of carbonyl (C=O) groups is 2. The Morgan fingerprint density at radius 3 is 2.52 bits per heavy atom. The molecule has 1 heterocycles. The van der Waals surface area contributed by atoms with Crippen LogP contribution in [-0.4, -0.2) is 36.1 Å². The van der Waals surface area contributed by atoms with E-state index in [0.29, 0.717) is 13.0 Å². The van der Waals surface area contributed by atoms with Crippen LogP contribution in [-0.2, 0) is 11.2 Å². The monoisotopic (exact) mass is 342 g/mol. The van der Waals surface area contributed by atoms with Crippen molar-refractivity contribution in [3.63, 3.8) is 0 Å². The molecule has 1 aromatic heterocycles. The summed E-state index contributed by atoms with van der Waals surface area (Å²) in [4.78, 5) is 24.9. The van der Waals surface area contributed by atoms with E-state index < -0.39 is 11.9 Å². The highest BCUT2D eigenvalue weighted by Crippen LogP contribution is 2.44.